The lowest BCUT2D eigenvalue weighted by Crippen LogP contribution is -2.26. The van der Waals surface area contributed by atoms with Crippen LogP contribution in [0.5, 0.6) is 5.75 Å². The molecule has 1 aliphatic rings. The van der Waals surface area contributed by atoms with Gasteiger partial charge in [0.15, 0.2) is 0 Å². The fourth-order valence-electron chi connectivity index (χ4n) is 4.00. The fraction of sp³-hybridized carbons (Fsp3) is 0.185. The van der Waals surface area contributed by atoms with Gasteiger partial charge in [0.25, 0.3) is 0 Å². The first-order valence-electron chi connectivity index (χ1n) is 10.6. The summed E-state index contributed by atoms with van der Waals surface area (Å²) in [4.78, 5) is 23.8. The average Bonchev–Trinajstić information content (AvgIpc) is 3.16. The van der Waals surface area contributed by atoms with E-state index in [0.29, 0.717) is 29.8 Å². The van der Waals surface area contributed by atoms with Gasteiger partial charge in [0.05, 0.1) is 12.7 Å². The van der Waals surface area contributed by atoms with E-state index < -0.39 is 12.0 Å². The van der Waals surface area contributed by atoms with E-state index in [4.69, 9.17) is 15.2 Å². The molecule has 0 spiro atoms. The van der Waals surface area contributed by atoms with Crippen LogP contribution in [0.4, 0.5) is 4.79 Å². The lowest BCUT2D eigenvalue weighted by Gasteiger charge is -2.14. The molecule has 6 nitrogen and oxygen atoms in total. The zero-order valence-electron chi connectivity index (χ0n) is 18.3. The molecule has 0 unspecified atom stereocenters. The second-order valence-corrected chi connectivity index (χ2v) is 7.58. The van der Waals surface area contributed by atoms with Gasteiger partial charge in [-0.15, -0.1) is 0 Å². The number of amides is 2. The van der Waals surface area contributed by atoms with E-state index in [1.54, 1.807) is 18.2 Å². The summed E-state index contributed by atoms with van der Waals surface area (Å²) in [6.45, 7) is 0.588. The standard InChI is InChI=1S/C27H24N2O4/c1-32-19-14-13-18(24(16-19)26(28)30)8-6-7-15-29-27(31)33-17-25-22-11-4-2-9-20(22)21-10-3-5-12-23(21)25/h2-5,9-14,16,25H,7,15,17H2,1H3,(H2,28,30)(H,29,31). The molecule has 0 aromatic heterocycles. The molecular weight excluding hydrogens is 416 g/mol. The molecular formula is C27H24N2O4. The molecule has 0 radical (unpaired) electrons. The molecule has 33 heavy (non-hydrogen) atoms. The molecule has 2 amide bonds. The molecule has 0 saturated heterocycles. The van der Waals surface area contributed by atoms with E-state index >= 15 is 0 Å². The predicted molar refractivity (Wildman–Crippen MR) is 126 cm³/mol. The highest BCUT2D eigenvalue weighted by atomic mass is 16.5. The Labute approximate surface area is 192 Å². The number of alkyl carbamates (subject to hydrolysis) is 1. The molecule has 3 aromatic rings. The highest BCUT2D eigenvalue weighted by Gasteiger charge is 2.28. The highest BCUT2D eigenvalue weighted by molar-refractivity contribution is 5.95. The van der Waals surface area contributed by atoms with Crippen molar-refractivity contribution < 1.29 is 19.1 Å². The second kappa shape index (κ2) is 9.92. The molecule has 4 rings (SSSR count). The number of primary amides is 1. The largest absolute Gasteiger partial charge is 0.497 e. The van der Waals surface area contributed by atoms with Gasteiger partial charge < -0.3 is 20.5 Å². The van der Waals surface area contributed by atoms with E-state index in [9.17, 15) is 9.59 Å². The number of fused-ring (bicyclic) bond motifs is 3. The Morgan fingerprint density at radius 1 is 1.00 bits per heavy atom. The number of nitrogens with one attached hydrogen (secondary N) is 1. The van der Waals surface area contributed by atoms with Gasteiger partial charge in [-0.1, -0.05) is 60.4 Å². The van der Waals surface area contributed by atoms with Crippen LogP contribution in [0.2, 0.25) is 0 Å². The second-order valence-electron chi connectivity index (χ2n) is 7.58. The first-order valence-corrected chi connectivity index (χ1v) is 10.6. The Hall–Kier alpha value is -4.24. The van der Waals surface area contributed by atoms with E-state index in [1.165, 1.54) is 29.4 Å². The minimum atomic E-state index is -0.574. The quantitative estimate of drug-likeness (QED) is 0.447. The minimum Gasteiger partial charge on any atom is -0.497 e. The molecule has 166 valence electrons. The predicted octanol–water partition coefficient (Wildman–Crippen LogP) is 4.07. The van der Waals surface area contributed by atoms with Crippen molar-refractivity contribution >= 4 is 12.0 Å². The van der Waals surface area contributed by atoms with Gasteiger partial charge in [-0.2, -0.15) is 0 Å². The van der Waals surface area contributed by atoms with E-state index in [1.807, 2.05) is 24.3 Å². The van der Waals surface area contributed by atoms with E-state index in [-0.39, 0.29) is 12.5 Å². The third-order valence-corrected chi connectivity index (χ3v) is 5.58. The molecule has 0 heterocycles. The molecule has 0 aliphatic heterocycles. The first-order chi connectivity index (χ1) is 16.1. The van der Waals surface area contributed by atoms with E-state index in [2.05, 4.69) is 41.4 Å². The zero-order valence-corrected chi connectivity index (χ0v) is 18.3. The van der Waals surface area contributed by atoms with Crippen molar-refractivity contribution in [2.24, 2.45) is 5.73 Å². The van der Waals surface area contributed by atoms with Crippen molar-refractivity contribution in [3.05, 3.63) is 89.0 Å². The number of carbonyl (C=O) groups excluding carboxylic acids is 2. The number of nitrogens with two attached hydrogens (primary N) is 1. The number of hydrogen-bond acceptors (Lipinski definition) is 4. The van der Waals surface area contributed by atoms with E-state index in [0.717, 1.165) is 0 Å². The van der Waals surface area contributed by atoms with Gasteiger partial charge in [-0.05, 0) is 40.5 Å². The van der Waals surface area contributed by atoms with Crippen molar-refractivity contribution in [2.45, 2.75) is 12.3 Å². The van der Waals surface area contributed by atoms with Crippen LogP contribution in [0.1, 0.15) is 39.4 Å². The number of methoxy groups -OCH3 is 1. The molecule has 6 heteroatoms. The summed E-state index contributed by atoms with van der Waals surface area (Å²) in [5.41, 5.74) is 10.9. The molecule has 0 saturated carbocycles. The summed E-state index contributed by atoms with van der Waals surface area (Å²) in [6.07, 6.45) is -0.0880. The Kier molecular flexibility index (Phi) is 6.61. The summed E-state index contributed by atoms with van der Waals surface area (Å²) in [5.74, 6) is 5.84. The van der Waals surface area contributed by atoms with Crippen molar-refractivity contribution in [1.29, 1.82) is 0 Å². The van der Waals surface area contributed by atoms with Crippen LogP contribution in [0.3, 0.4) is 0 Å². The van der Waals surface area contributed by atoms with Gasteiger partial charge in [-0.3, -0.25) is 4.79 Å². The third kappa shape index (κ3) is 4.83. The Morgan fingerprint density at radius 3 is 2.30 bits per heavy atom. The van der Waals surface area contributed by atoms with Gasteiger partial charge in [0.1, 0.15) is 12.4 Å². The molecule has 0 atom stereocenters. The van der Waals surface area contributed by atoms with Crippen LogP contribution in [-0.2, 0) is 4.74 Å². The summed E-state index contributed by atoms with van der Waals surface area (Å²) in [5, 5.41) is 2.72. The van der Waals surface area contributed by atoms with Crippen molar-refractivity contribution in [1.82, 2.24) is 5.32 Å². The molecule has 1 aliphatic carbocycles. The maximum atomic E-state index is 12.2. The van der Waals surface area contributed by atoms with Crippen LogP contribution in [-0.4, -0.2) is 32.3 Å². The fourth-order valence-corrected chi connectivity index (χ4v) is 4.00. The topological polar surface area (TPSA) is 90.7 Å². The molecule has 3 N–H and O–H groups in total. The SMILES string of the molecule is COc1ccc(C#CCCNC(=O)OCC2c3ccccc3-c3ccccc32)c(C(N)=O)c1. The monoisotopic (exact) mass is 440 g/mol. The van der Waals surface area contributed by atoms with Crippen LogP contribution in [0.25, 0.3) is 11.1 Å². The molecule has 0 fully saturated rings. The maximum absolute atomic E-state index is 12.2. The van der Waals surface area contributed by atoms with Crippen molar-refractivity contribution in [3.63, 3.8) is 0 Å². The maximum Gasteiger partial charge on any atom is 0.407 e. The van der Waals surface area contributed by atoms with Crippen LogP contribution < -0.4 is 15.8 Å². The molecule has 0 bridgehead atoms. The summed E-state index contributed by atoms with van der Waals surface area (Å²) < 4.78 is 10.6. The van der Waals surface area contributed by atoms with Crippen LogP contribution >= 0.6 is 0 Å². The molecule has 3 aromatic carbocycles. The number of benzene rings is 3. The average molecular weight is 440 g/mol. The van der Waals surface area contributed by atoms with Gasteiger partial charge in [-0.25, -0.2) is 4.79 Å². The number of carbonyl (C=O) groups is 2. The highest BCUT2D eigenvalue weighted by Crippen LogP contribution is 2.44. The van der Waals surface area contributed by atoms with Gasteiger partial charge in [0, 0.05) is 24.4 Å². The number of rotatable bonds is 6. The summed E-state index contributed by atoms with van der Waals surface area (Å²) in [6, 6.07) is 21.4. The first kappa shape index (κ1) is 22.0. The smallest absolute Gasteiger partial charge is 0.407 e. The van der Waals surface area contributed by atoms with Gasteiger partial charge >= 0.3 is 6.09 Å². The number of ether oxygens (including phenoxy) is 2. The summed E-state index contributed by atoms with van der Waals surface area (Å²) in [7, 11) is 1.51. The van der Waals surface area contributed by atoms with Gasteiger partial charge in [0.2, 0.25) is 5.91 Å². The number of hydrogen-bond donors (Lipinski definition) is 2. The minimum absolute atomic E-state index is 0.0187. The normalized spacial score (nSPS) is 11.5. The third-order valence-electron chi connectivity index (χ3n) is 5.58. The zero-order chi connectivity index (χ0) is 23.2. The van der Waals surface area contributed by atoms with Crippen LogP contribution in [0.15, 0.2) is 66.7 Å². The lowest BCUT2D eigenvalue weighted by atomic mass is 9.98. The lowest BCUT2D eigenvalue weighted by molar-refractivity contribution is 0.0999. The Morgan fingerprint density at radius 2 is 1.67 bits per heavy atom. The van der Waals surface area contributed by atoms with Crippen LogP contribution in [0, 0.1) is 11.8 Å². The van der Waals surface area contributed by atoms with Crippen molar-refractivity contribution in [2.75, 3.05) is 20.3 Å². The van der Waals surface area contributed by atoms with Crippen molar-refractivity contribution in [3.8, 4) is 28.7 Å². The Bertz CT molecular complexity index is 1210. The Balaban J connectivity index is 1.30. The summed E-state index contributed by atoms with van der Waals surface area (Å²) >= 11 is 0.